The maximum Gasteiger partial charge on any atom is 0.300 e. The number of benzene rings is 3. The Morgan fingerprint density at radius 3 is 1.80 bits per heavy atom. The summed E-state index contributed by atoms with van der Waals surface area (Å²) in [6.07, 6.45) is 0. The van der Waals surface area contributed by atoms with Crippen molar-refractivity contribution in [2.45, 2.75) is 4.90 Å². The lowest BCUT2D eigenvalue weighted by Gasteiger charge is -2.14. The number of rotatable bonds is 4. The third-order valence-electron chi connectivity index (χ3n) is 4.56. The van der Waals surface area contributed by atoms with Crippen LogP contribution in [0.5, 0.6) is 0 Å². The van der Waals surface area contributed by atoms with E-state index < -0.39 is 15.6 Å². The minimum Gasteiger partial charge on any atom is -0.265 e. The van der Waals surface area contributed by atoms with Crippen LogP contribution in [0.1, 0.15) is 5.56 Å². The van der Waals surface area contributed by atoms with E-state index in [9.17, 15) is 18.5 Å². The van der Waals surface area contributed by atoms with Gasteiger partial charge in [-0.15, -0.1) is 4.09 Å². The fourth-order valence-corrected chi connectivity index (χ4v) is 4.35. The lowest BCUT2D eigenvalue weighted by molar-refractivity contribution is 0.576. The molecular formula is C23H15N3O3S. The van der Waals surface area contributed by atoms with Gasteiger partial charge in [-0.1, -0.05) is 78.9 Å². The van der Waals surface area contributed by atoms with Gasteiger partial charge < -0.3 is 0 Å². The maximum absolute atomic E-state index is 13.1. The van der Waals surface area contributed by atoms with Crippen molar-refractivity contribution in [3.05, 3.63) is 107 Å². The van der Waals surface area contributed by atoms with E-state index in [1.54, 1.807) is 66.7 Å². The van der Waals surface area contributed by atoms with Gasteiger partial charge in [0.1, 0.15) is 17.3 Å². The van der Waals surface area contributed by atoms with Crippen LogP contribution in [0.15, 0.2) is 101 Å². The molecule has 0 saturated heterocycles. The normalized spacial score (nSPS) is 11.0. The molecule has 0 amide bonds. The number of aromatic nitrogens is 2. The molecule has 4 aromatic rings. The summed E-state index contributed by atoms with van der Waals surface area (Å²) >= 11 is 0. The van der Waals surface area contributed by atoms with Crippen LogP contribution in [0.4, 0.5) is 0 Å². The van der Waals surface area contributed by atoms with Gasteiger partial charge in [-0.25, -0.2) is 0 Å². The molecule has 1 heterocycles. The SMILES string of the molecule is N#Cc1c(-c2ccccc2)c(-c2ccccc2)nn(S(=O)(=O)c2ccccc2)c1=O. The van der Waals surface area contributed by atoms with Gasteiger partial charge in [0.15, 0.2) is 0 Å². The second-order valence-corrected chi connectivity index (χ2v) is 8.18. The van der Waals surface area contributed by atoms with E-state index in [4.69, 9.17) is 0 Å². The number of hydrogen-bond donors (Lipinski definition) is 0. The summed E-state index contributed by atoms with van der Waals surface area (Å²) in [7, 11) is -4.29. The van der Waals surface area contributed by atoms with E-state index in [-0.39, 0.29) is 16.2 Å². The van der Waals surface area contributed by atoms with Crippen molar-refractivity contribution in [1.29, 1.82) is 5.26 Å². The Kier molecular flexibility index (Phi) is 5.00. The Labute approximate surface area is 173 Å². The van der Waals surface area contributed by atoms with Crippen molar-refractivity contribution in [3.8, 4) is 28.5 Å². The van der Waals surface area contributed by atoms with Crippen molar-refractivity contribution in [2.24, 2.45) is 0 Å². The quantitative estimate of drug-likeness (QED) is 0.509. The summed E-state index contributed by atoms with van der Waals surface area (Å²) in [5.74, 6) is 0. The molecule has 4 rings (SSSR count). The van der Waals surface area contributed by atoms with Gasteiger partial charge in [-0.3, -0.25) is 4.79 Å². The zero-order chi connectivity index (χ0) is 21.1. The molecule has 0 bridgehead atoms. The van der Waals surface area contributed by atoms with Crippen molar-refractivity contribution >= 4 is 10.0 Å². The van der Waals surface area contributed by atoms with Gasteiger partial charge in [0.2, 0.25) is 0 Å². The third kappa shape index (κ3) is 3.30. The average Bonchev–Trinajstić information content (AvgIpc) is 2.80. The molecule has 0 radical (unpaired) electrons. The standard InChI is InChI=1S/C23H15N3O3S/c24-16-20-21(17-10-4-1-5-11-17)22(18-12-6-2-7-13-18)25-26(23(20)27)30(28,29)19-14-8-3-9-15-19/h1-15H. The highest BCUT2D eigenvalue weighted by molar-refractivity contribution is 7.89. The minimum absolute atomic E-state index is 0.0880. The highest BCUT2D eigenvalue weighted by Crippen LogP contribution is 2.32. The predicted octanol–water partition coefficient (Wildman–Crippen LogP) is 3.69. The van der Waals surface area contributed by atoms with Crippen LogP contribution in [0, 0.1) is 11.3 Å². The molecule has 0 saturated carbocycles. The van der Waals surface area contributed by atoms with Crippen LogP contribution >= 0.6 is 0 Å². The Morgan fingerprint density at radius 2 is 1.27 bits per heavy atom. The van der Waals surface area contributed by atoms with Crippen molar-refractivity contribution in [3.63, 3.8) is 0 Å². The molecule has 146 valence electrons. The number of hydrogen-bond acceptors (Lipinski definition) is 5. The van der Waals surface area contributed by atoms with Gasteiger partial charge >= 0.3 is 0 Å². The molecule has 0 N–H and O–H groups in total. The van der Waals surface area contributed by atoms with Crippen LogP contribution in [-0.4, -0.2) is 17.6 Å². The molecule has 7 heteroatoms. The Morgan fingerprint density at radius 1 is 0.767 bits per heavy atom. The van der Waals surface area contributed by atoms with E-state index in [1.807, 2.05) is 18.2 Å². The fourth-order valence-electron chi connectivity index (χ4n) is 3.15. The van der Waals surface area contributed by atoms with Crippen molar-refractivity contribution in [1.82, 2.24) is 9.19 Å². The number of nitriles is 1. The molecule has 6 nitrogen and oxygen atoms in total. The first kappa shape index (κ1) is 19.3. The minimum atomic E-state index is -4.29. The molecule has 0 atom stereocenters. The second-order valence-electron chi connectivity index (χ2n) is 6.41. The lowest BCUT2D eigenvalue weighted by atomic mass is 9.96. The molecule has 1 aromatic heterocycles. The van der Waals surface area contributed by atoms with E-state index >= 15 is 0 Å². The molecule has 0 fully saturated rings. The summed E-state index contributed by atoms with van der Waals surface area (Å²) in [6.45, 7) is 0. The first-order valence-corrected chi connectivity index (χ1v) is 10.5. The predicted molar refractivity (Wildman–Crippen MR) is 113 cm³/mol. The van der Waals surface area contributed by atoms with Crippen LogP contribution < -0.4 is 5.56 Å². The summed E-state index contributed by atoms with van der Waals surface area (Å²) in [5, 5.41) is 14.0. The van der Waals surface area contributed by atoms with Crippen LogP contribution in [0.2, 0.25) is 0 Å². The van der Waals surface area contributed by atoms with Crippen LogP contribution in [0.25, 0.3) is 22.4 Å². The zero-order valence-corrected chi connectivity index (χ0v) is 16.5. The molecule has 0 unspecified atom stereocenters. The molecule has 0 spiro atoms. The van der Waals surface area contributed by atoms with Gasteiger partial charge in [-0.05, 0) is 17.7 Å². The molecule has 0 aliphatic heterocycles. The van der Waals surface area contributed by atoms with E-state index in [2.05, 4.69) is 5.10 Å². The van der Waals surface area contributed by atoms with Crippen molar-refractivity contribution < 1.29 is 8.42 Å². The summed E-state index contributed by atoms with van der Waals surface area (Å²) in [5.41, 5.74) is 0.451. The Balaban J connectivity index is 2.12. The van der Waals surface area contributed by atoms with E-state index in [0.717, 1.165) is 0 Å². The fraction of sp³-hybridized carbons (Fsp3) is 0. The van der Waals surface area contributed by atoms with Gasteiger partial charge in [0, 0.05) is 11.1 Å². The highest BCUT2D eigenvalue weighted by atomic mass is 32.2. The molecule has 0 aliphatic carbocycles. The van der Waals surface area contributed by atoms with Crippen molar-refractivity contribution in [2.75, 3.05) is 0 Å². The van der Waals surface area contributed by atoms with Gasteiger partial charge in [-0.2, -0.15) is 18.8 Å². The van der Waals surface area contributed by atoms with Crippen LogP contribution in [-0.2, 0) is 10.0 Å². The second kappa shape index (κ2) is 7.78. The zero-order valence-electron chi connectivity index (χ0n) is 15.6. The summed E-state index contributed by atoms with van der Waals surface area (Å²) in [6, 6.07) is 27.2. The monoisotopic (exact) mass is 413 g/mol. The Hall–Kier alpha value is -4.02. The summed E-state index contributed by atoms with van der Waals surface area (Å²) < 4.78 is 26.7. The van der Waals surface area contributed by atoms with Crippen LogP contribution in [0.3, 0.4) is 0 Å². The lowest BCUT2D eigenvalue weighted by Crippen LogP contribution is -2.32. The highest BCUT2D eigenvalue weighted by Gasteiger charge is 2.27. The topological polar surface area (TPSA) is 92.8 Å². The molecule has 0 aliphatic rings. The van der Waals surface area contributed by atoms with E-state index in [1.165, 1.54) is 12.1 Å². The largest absolute Gasteiger partial charge is 0.300 e. The number of nitrogens with zero attached hydrogens (tertiary/aromatic N) is 3. The maximum atomic E-state index is 13.1. The van der Waals surface area contributed by atoms with Gasteiger partial charge in [0.05, 0.1) is 4.90 Å². The molecule has 3 aromatic carbocycles. The molecule has 30 heavy (non-hydrogen) atoms. The summed E-state index contributed by atoms with van der Waals surface area (Å²) in [4.78, 5) is 13.0. The average molecular weight is 413 g/mol. The van der Waals surface area contributed by atoms with E-state index in [0.29, 0.717) is 20.8 Å². The first-order valence-electron chi connectivity index (χ1n) is 9.03. The Bertz CT molecular complexity index is 1410. The van der Waals surface area contributed by atoms with Gasteiger partial charge in [0.25, 0.3) is 15.6 Å². The first-order chi connectivity index (χ1) is 14.5. The smallest absolute Gasteiger partial charge is 0.265 e. The third-order valence-corrected chi connectivity index (χ3v) is 6.13. The molecular weight excluding hydrogens is 398 g/mol.